The molecule has 1 aliphatic carbocycles. The van der Waals surface area contributed by atoms with Crippen LogP contribution in [0.1, 0.15) is 31.7 Å². The molecule has 0 bridgehead atoms. The highest BCUT2D eigenvalue weighted by atomic mass is 32.2. The van der Waals surface area contributed by atoms with Gasteiger partial charge in [-0.2, -0.15) is 0 Å². The summed E-state index contributed by atoms with van der Waals surface area (Å²) >= 11 is 1.26. The van der Waals surface area contributed by atoms with Crippen LogP contribution >= 0.6 is 11.8 Å². The van der Waals surface area contributed by atoms with Crippen LogP contribution in [-0.2, 0) is 4.74 Å². The number of likely N-dealkylation sites (tertiary alicyclic amines) is 1. The highest BCUT2D eigenvalue weighted by Crippen LogP contribution is 2.47. The monoisotopic (exact) mass is 516 g/mol. The Balaban J connectivity index is 1.40. The Morgan fingerprint density at radius 3 is 2.46 bits per heavy atom. The van der Waals surface area contributed by atoms with Crippen molar-refractivity contribution in [3.05, 3.63) is 35.8 Å². The van der Waals surface area contributed by atoms with Crippen molar-refractivity contribution in [1.29, 1.82) is 0 Å². The van der Waals surface area contributed by atoms with Crippen molar-refractivity contribution in [2.24, 2.45) is 0 Å². The first-order valence-electron chi connectivity index (χ1n) is 11.5. The Morgan fingerprint density at radius 2 is 1.83 bits per heavy atom. The lowest BCUT2D eigenvalue weighted by Gasteiger charge is -2.48. The Hall–Kier alpha value is -1.74. The first-order valence-corrected chi connectivity index (χ1v) is 12.5. The third kappa shape index (κ3) is 4.37. The van der Waals surface area contributed by atoms with Gasteiger partial charge in [0.2, 0.25) is 0 Å². The molecule has 192 valence electrons. The van der Waals surface area contributed by atoms with E-state index in [1.165, 1.54) is 18.0 Å². The summed E-state index contributed by atoms with van der Waals surface area (Å²) < 4.78 is 47.7. The third-order valence-electron chi connectivity index (χ3n) is 7.17. The summed E-state index contributed by atoms with van der Waals surface area (Å²) in [6, 6.07) is 0.443. The fourth-order valence-electron chi connectivity index (χ4n) is 5.09. The molecular weight excluding hydrogens is 489 g/mol. The molecule has 1 saturated carbocycles. The van der Waals surface area contributed by atoms with E-state index in [0.717, 1.165) is 49.2 Å². The molecule has 5 rings (SSSR count). The summed E-state index contributed by atoms with van der Waals surface area (Å²) in [5.74, 6) is -4.38. The van der Waals surface area contributed by atoms with Crippen LogP contribution in [0.25, 0.3) is 11.3 Å². The smallest absolute Gasteiger partial charge is 0.194 e. The van der Waals surface area contributed by atoms with Gasteiger partial charge in [-0.25, -0.2) is 17.9 Å². The van der Waals surface area contributed by atoms with Crippen LogP contribution in [0.4, 0.5) is 13.2 Å². The molecule has 4 N–H and O–H groups in total. The molecule has 7 atom stereocenters. The number of aliphatic hydroxyl groups is 4. The van der Waals surface area contributed by atoms with Gasteiger partial charge < -0.3 is 25.2 Å². The third-order valence-corrected chi connectivity index (χ3v) is 8.77. The minimum Gasteiger partial charge on any atom is -0.394 e. The summed E-state index contributed by atoms with van der Waals surface area (Å²) in [4.78, 5) is 2.02. The molecule has 35 heavy (non-hydrogen) atoms. The number of benzene rings is 1. The lowest BCUT2D eigenvalue weighted by atomic mass is 9.97. The Labute approximate surface area is 203 Å². The normalized spacial score (nSPS) is 35.9. The molecule has 0 amide bonds. The number of ether oxygens (including phenoxy) is 1. The van der Waals surface area contributed by atoms with Crippen LogP contribution in [0.5, 0.6) is 0 Å². The van der Waals surface area contributed by atoms with Gasteiger partial charge in [-0.3, -0.25) is 4.90 Å². The van der Waals surface area contributed by atoms with Crippen molar-refractivity contribution < 1.29 is 38.3 Å². The van der Waals surface area contributed by atoms with Crippen molar-refractivity contribution >= 4 is 11.8 Å². The number of hydrogen-bond acceptors (Lipinski definition) is 9. The maximum Gasteiger partial charge on any atom is 0.194 e. The number of thioether (sulfide) groups is 1. The van der Waals surface area contributed by atoms with E-state index in [4.69, 9.17) is 4.74 Å². The largest absolute Gasteiger partial charge is 0.394 e. The molecule has 1 aromatic heterocycles. The second-order valence-corrected chi connectivity index (χ2v) is 10.6. The highest BCUT2D eigenvalue weighted by Gasteiger charge is 2.52. The van der Waals surface area contributed by atoms with Crippen LogP contribution in [0.3, 0.4) is 0 Å². The van der Waals surface area contributed by atoms with E-state index in [1.807, 2.05) is 4.90 Å². The molecule has 3 fully saturated rings. The fourth-order valence-corrected chi connectivity index (χ4v) is 6.74. The van der Waals surface area contributed by atoms with E-state index in [2.05, 4.69) is 10.3 Å². The molecule has 0 radical (unpaired) electrons. The van der Waals surface area contributed by atoms with Crippen LogP contribution < -0.4 is 0 Å². The number of hydrogen-bond donors (Lipinski definition) is 4. The van der Waals surface area contributed by atoms with Crippen LogP contribution in [0.15, 0.2) is 18.3 Å². The van der Waals surface area contributed by atoms with Crippen molar-refractivity contribution in [3.8, 4) is 11.3 Å². The first kappa shape index (κ1) is 24.9. The first-order chi connectivity index (χ1) is 16.7. The summed E-state index contributed by atoms with van der Waals surface area (Å²) in [5.41, 5.74) is -1.98. The van der Waals surface area contributed by atoms with Gasteiger partial charge in [-0.05, 0) is 37.8 Å². The standard InChI is InChI=1S/C22H27F3N4O5S/c23-12-7-11(8-13(24)17(12)25)14-9-29(27-26-14)18-19(31)15(10-30)34-21(20(18)32)35-16-3-1-4-22(16,33)28-5-2-6-28/h7-9,15-16,18-21,30-33H,1-6,10H2/t15-,16?,18+,19+,20-,21+,22?/m1/s1. The van der Waals surface area contributed by atoms with Gasteiger partial charge in [-0.15, -0.1) is 16.9 Å². The fraction of sp³-hybridized carbons (Fsp3) is 0.636. The summed E-state index contributed by atoms with van der Waals surface area (Å²) in [5, 5.41) is 50.6. The lowest BCUT2D eigenvalue weighted by molar-refractivity contribution is -0.179. The molecule has 2 aromatic rings. The number of aromatic nitrogens is 3. The Morgan fingerprint density at radius 1 is 1.11 bits per heavy atom. The minimum absolute atomic E-state index is 0.00129. The number of nitrogens with zero attached hydrogens (tertiary/aromatic N) is 4. The summed E-state index contributed by atoms with van der Waals surface area (Å²) in [7, 11) is 0. The topological polar surface area (TPSA) is 124 Å². The van der Waals surface area contributed by atoms with Gasteiger partial charge in [0.05, 0.1) is 12.8 Å². The molecule has 2 aliphatic heterocycles. The zero-order valence-corrected chi connectivity index (χ0v) is 19.5. The predicted molar refractivity (Wildman–Crippen MR) is 118 cm³/mol. The summed E-state index contributed by atoms with van der Waals surface area (Å²) in [6.07, 6.45) is 0.705. The molecule has 2 unspecified atom stereocenters. The molecule has 9 nitrogen and oxygen atoms in total. The predicted octanol–water partition coefficient (Wildman–Crippen LogP) is 1.02. The number of rotatable bonds is 6. The van der Waals surface area contributed by atoms with E-state index in [-0.39, 0.29) is 16.5 Å². The van der Waals surface area contributed by atoms with Crippen LogP contribution in [-0.4, -0.2) is 94.7 Å². The van der Waals surface area contributed by atoms with E-state index in [9.17, 15) is 33.6 Å². The maximum absolute atomic E-state index is 13.7. The lowest BCUT2D eigenvalue weighted by Crippen LogP contribution is -2.60. The Kier molecular flexibility index (Phi) is 6.85. The number of aliphatic hydroxyl groups excluding tert-OH is 3. The van der Waals surface area contributed by atoms with Crippen molar-refractivity contribution in [3.63, 3.8) is 0 Å². The Bertz CT molecular complexity index is 1050. The van der Waals surface area contributed by atoms with Gasteiger partial charge in [-0.1, -0.05) is 5.21 Å². The van der Waals surface area contributed by atoms with E-state index in [1.54, 1.807) is 0 Å². The van der Waals surface area contributed by atoms with Gasteiger partial charge in [0.1, 0.15) is 41.2 Å². The molecule has 0 spiro atoms. The van der Waals surface area contributed by atoms with Crippen molar-refractivity contribution in [2.45, 2.75) is 66.4 Å². The van der Waals surface area contributed by atoms with Crippen molar-refractivity contribution in [2.75, 3.05) is 19.7 Å². The second kappa shape index (κ2) is 9.61. The zero-order chi connectivity index (χ0) is 24.9. The maximum atomic E-state index is 13.7. The zero-order valence-electron chi connectivity index (χ0n) is 18.7. The van der Waals surface area contributed by atoms with E-state index >= 15 is 0 Å². The quantitative estimate of drug-likeness (QED) is 0.417. The summed E-state index contributed by atoms with van der Waals surface area (Å²) in [6.45, 7) is 1.07. The average molecular weight is 517 g/mol. The van der Waals surface area contributed by atoms with E-state index < -0.39 is 59.6 Å². The van der Waals surface area contributed by atoms with Crippen LogP contribution in [0, 0.1) is 17.5 Å². The molecule has 2 saturated heterocycles. The molecular formula is C22H27F3N4O5S. The van der Waals surface area contributed by atoms with Crippen molar-refractivity contribution in [1.82, 2.24) is 19.9 Å². The van der Waals surface area contributed by atoms with Gasteiger partial charge in [0.25, 0.3) is 0 Å². The molecule has 3 aliphatic rings. The SMILES string of the molecule is OC[C@H]1O[C@@H](SC2CCCC2(O)N2CCC2)[C@H](O)[C@@H](n2cc(-c3cc(F)c(F)c(F)c3)nn2)[C@H]1O. The highest BCUT2D eigenvalue weighted by molar-refractivity contribution is 8.00. The minimum atomic E-state index is -1.60. The van der Waals surface area contributed by atoms with Crippen LogP contribution in [0.2, 0.25) is 0 Å². The molecule has 1 aromatic carbocycles. The second-order valence-electron chi connectivity index (χ2n) is 9.27. The molecule has 3 heterocycles. The average Bonchev–Trinajstić information content (AvgIpc) is 3.40. The number of halogens is 3. The molecule has 13 heteroatoms. The van der Waals surface area contributed by atoms with Gasteiger partial charge in [0.15, 0.2) is 17.5 Å². The van der Waals surface area contributed by atoms with E-state index in [0.29, 0.717) is 6.42 Å². The van der Waals surface area contributed by atoms with Gasteiger partial charge >= 0.3 is 0 Å². The van der Waals surface area contributed by atoms with Gasteiger partial charge in [0, 0.05) is 23.9 Å².